The Morgan fingerprint density at radius 1 is 0.347 bits per heavy atom. The van der Waals surface area contributed by atoms with Gasteiger partial charge in [0.25, 0.3) is 0 Å². The SMILES string of the molecule is Cn1c(-c2ccc(CN(CCCN(Cc3ccc(-c4nc5ccccc5n4C)c([O-])c3)c3ccc(-c4nc5ccccc5n4C)c([O-])c3)c3ccc(-c4nc5ccccc5n4C)c([O-])c3)cc2[O-])nc2ccccc21. The van der Waals surface area contributed by atoms with Gasteiger partial charge in [-0.2, -0.15) is 0 Å². The number of aromatic nitrogens is 8. The van der Waals surface area contributed by atoms with Crippen LogP contribution in [0, 0.1) is 0 Å². The summed E-state index contributed by atoms with van der Waals surface area (Å²) < 4.78 is 7.73. The van der Waals surface area contributed by atoms with Crippen LogP contribution in [0.15, 0.2) is 170 Å². The second kappa shape index (κ2) is 18.8. The Kier molecular flexibility index (Phi) is 11.7. The van der Waals surface area contributed by atoms with Crippen LogP contribution in [0.3, 0.4) is 0 Å². The van der Waals surface area contributed by atoms with Crippen molar-refractivity contribution in [3.63, 3.8) is 0 Å². The van der Waals surface area contributed by atoms with E-state index in [1.165, 1.54) is 0 Å². The molecular weight excluding hydrogens is 937 g/mol. The van der Waals surface area contributed by atoms with Crippen molar-refractivity contribution in [1.82, 2.24) is 38.2 Å². The van der Waals surface area contributed by atoms with E-state index in [0.29, 0.717) is 89.5 Å². The van der Waals surface area contributed by atoms with E-state index in [1.54, 1.807) is 24.3 Å². The molecule has 75 heavy (non-hydrogen) atoms. The molecular formula is C61H50N10O4-4. The average molecular weight is 987 g/mol. The fraction of sp³-hybridized carbons (Fsp3) is 0.148. The second-order valence-electron chi connectivity index (χ2n) is 19.2. The molecule has 0 N–H and O–H groups in total. The molecule has 0 radical (unpaired) electrons. The lowest BCUT2D eigenvalue weighted by molar-refractivity contribution is -0.268. The van der Waals surface area contributed by atoms with Gasteiger partial charge < -0.3 is 48.5 Å². The maximum Gasteiger partial charge on any atom is 0.140 e. The number of para-hydroxylation sites is 8. The van der Waals surface area contributed by atoms with Crippen LogP contribution in [-0.2, 0) is 41.3 Å². The largest absolute Gasteiger partial charge is 0.872 e. The van der Waals surface area contributed by atoms with E-state index in [2.05, 4.69) is 9.80 Å². The Morgan fingerprint density at radius 2 is 0.627 bits per heavy atom. The fourth-order valence-corrected chi connectivity index (χ4v) is 10.5. The van der Waals surface area contributed by atoms with Crippen LogP contribution in [0.1, 0.15) is 17.5 Å². The number of aryl methyl sites for hydroxylation is 4. The summed E-state index contributed by atoms with van der Waals surface area (Å²) in [7, 11) is 7.64. The molecule has 0 saturated heterocycles. The molecule has 0 atom stereocenters. The minimum Gasteiger partial charge on any atom is -0.872 e. The van der Waals surface area contributed by atoms with Crippen LogP contribution in [0.5, 0.6) is 23.0 Å². The molecule has 0 aliphatic rings. The Bertz CT molecular complexity index is 3880. The third kappa shape index (κ3) is 8.45. The summed E-state index contributed by atoms with van der Waals surface area (Å²) in [4.78, 5) is 23.4. The first-order valence-corrected chi connectivity index (χ1v) is 24.9. The monoisotopic (exact) mass is 986 g/mol. The number of anilines is 2. The van der Waals surface area contributed by atoms with Gasteiger partial charge in [-0.25, -0.2) is 19.9 Å². The van der Waals surface area contributed by atoms with Gasteiger partial charge in [0.15, 0.2) is 0 Å². The van der Waals surface area contributed by atoms with Crippen LogP contribution in [0.25, 0.3) is 89.7 Å². The summed E-state index contributed by atoms with van der Waals surface area (Å²) in [6, 6.07) is 52.8. The van der Waals surface area contributed by atoms with Gasteiger partial charge in [0.2, 0.25) is 0 Å². The van der Waals surface area contributed by atoms with E-state index in [1.807, 2.05) is 192 Å². The molecule has 14 heteroatoms. The van der Waals surface area contributed by atoms with Crippen LogP contribution in [-0.4, -0.2) is 51.3 Å². The summed E-state index contributed by atoms with van der Waals surface area (Å²) in [5.74, 6) is 1.65. The van der Waals surface area contributed by atoms with Gasteiger partial charge in [-0.05, 0) is 102 Å². The Labute approximate surface area is 432 Å². The second-order valence-corrected chi connectivity index (χ2v) is 19.2. The molecule has 0 amide bonds. The smallest absolute Gasteiger partial charge is 0.140 e. The lowest BCUT2D eigenvalue weighted by Crippen LogP contribution is -2.30. The van der Waals surface area contributed by atoms with Crippen LogP contribution in [0.4, 0.5) is 11.4 Å². The molecule has 12 rings (SSSR count). The van der Waals surface area contributed by atoms with Crippen LogP contribution >= 0.6 is 0 Å². The first-order chi connectivity index (χ1) is 36.5. The highest BCUT2D eigenvalue weighted by molar-refractivity contribution is 5.85. The summed E-state index contributed by atoms with van der Waals surface area (Å²) >= 11 is 0. The van der Waals surface area contributed by atoms with Gasteiger partial charge in [-0.15, -0.1) is 0 Å². The van der Waals surface area contributed by atoms with E-state index < -0.39 is 0 Å². The Morgan fingerprint density at radius 3 is 0.907 bits per heavy atom. The van der Waals surface area contributed by atoms with Crippen molar-refractivity contribution in [2.75, 3.05) is 22.9 Å². The summed E-state index contributed by atoms with van der Waals surface area (Å²) in [6.45, 7) is 1.57. The number of hydrogen-bond acceptors (Lipinski definition) is 10. The highest BCUT2D eigenvalue weighted by Crippen LogP contribution is 2.37. The van der Waals surface area contributed by atoms with Gasteiger partial charge in [0, 0.05) is 88.0 Å². The lowest BCUT2D eigenvalue weighted by Gasteiger charge is -2.31. The highest BCUT2D eigenvalue weighted by atomic mass is 16.3. The van der Waals surface area contributed by atoms with Crippen molar-refractivity contribution in [1.29, 1.82) is 0 Å². The molecule has 12 aromatic rings. The molecule has 0 fully saturated rings. The van der Waals surface area contributed by atoms with Gasteiger partial charge in [0.05, 0.1) is 44.1 Å². The number of imidazole rings is 4. The molecule has 0 aliphatic carbocycles. The minimum absolute atomic E-state index is 0.158. The maximum atomic E-state index is 14.2. The zero-order chi connectivity index (χ0) is 51.5. The van der Waals surface area contributed by atoms with Crippen molar-refractivity contribution in [2.24, 2.45) is 28.2 Å². The van der Waals surface area contributed by atoms with Gasteiger partial charge in [-0.3, -0.25) is 0 Å². The third-order valence-electron chi connectivity index (χ3n) is 14.5. The van der Waals surface area contributed by atoms with Crippen molar-refractivity contribution in [3.8, 4) is 68.5 Å². The average Bonchev–Trinajstić information content (AvgIpc) is 4.16. The number of benzene rings is 8. The lowest BCUT2D eigenvalue weighted by atomic mass is 10.1. The molecule has 372 valence electrons. The first-order valence-electron chi connectivity index (χ1n) is 24.9. The van der Waals surface area contributed by atoms with Gasteiger partial charge in [0.1, 0.15) is 23.3 Å². The van der Waals surface area contributed by atoms with Crippen molar-refractivity contribution < 1.29 is 20.4 Å². The summed E-state index contributed by atoms with van der Waals surface area (Å²) in [6.07, 6.45) is 0.561. The molecule has 14 nitrogen and oxygen atoms in total. The van der Waals surface area contributed by atoms with Crippen molar-refractivity contribution >= 4 is 55.5 Å². The molecule has 4 aromatic heterocycles. The Hall–Kier alpha value is -9.56. The van der Waals surface area contributed by atoms with E-state index in [-0.39, 0.29) is 23.0 Å². The molecule has 8 aromatic carbocycles. The fourth-order valence-electron chi connectivity index (χ4n) is 10.5. The van der Waals surface area contributed by atoms with Gasteiger partial charge in [-0.1, -0.05) is 108 Å². The third-order valence-corrected chi connectivity index (χ3v) is 14.5. The Balaban J connectivity index is 0.876. The van der Waals surface area contributed by atoms with Crippen molar-refractivity contribution in [2.45, 2.75) is 19.5 Å². The normalized spacial score (nSPS) is 11.7. The summed E-state index contributed by atoms with van der Waals surface area (Å²) in [5.41, 5.74) is 11.8. The topological polar surface area (TPSA) is 170 Å². The first kappa shape index (κ1) is 46.5. The van der Waals surface area contributed by atoms with Crippen LogP contribution < -0.4 is 30.2 Å². The van der Waals surface area contributed by atoms with E-state index in [4.69, 9.17) is 19.9 Å². The summed E-state index contributed by atoms with van der Waals surface area (Å²) in [5, 5.41) is 56.3. The predicted molar refractivity (Wildman–Crippen MR) is 289 cm³/mol. The minimum atomic E-state index is -0.182. The van der Waals surface area contributed by atoms with Crippen molar-refractivity contribution in [3.05, 3.63) is 181 Å². The molecule has 4 heterocycles. The maximum absolute atomic E-state index is 14.2. The van der Waals surface area contributed by atoms with Crippen LogP contribution in [0.2, 0.25) is 0 Å². The van der Waals surface area contributed by atoms with E-state index in [9.17, 15) is 20.4 Å². The quantitative estimate of drug-likeness (QED) is 0.102. The number of fused-ring (bicyclic) bond motifs is 4. The number of nitrogens with zero attached hydrogens (tertiary/aromatic N) is 10. The van der Waals surface area contributed by atoms with E-state index in [0.717, 1.165) is 55.3 Å². The standard InChI is InChI=1S/C61H54N10O4/c1-66-50-18-9-5-14-46(50)62-58(66)42-26-22-38(32-54(42)72)36-70(40-24-28-44(56(74)34-40)60-64-48-16-7-11-20-52(48)68(60)3)30-13-31-71(41-25-29-45(57(75)35-41)61-65-49-17-8-12-21-53(49)69(61)4)37-39-23-27-43(55(73)33-39)59-63-47-15-6-10-19-51(47)67(59)2/h5-12,14-29,32-35,72-75H,13,30-31,36-37H2,1-4H3/p-4. The van der Waals surface area contributed by atoms with Gasteiger partial charge >= 0.3 is 0 Å². The zero-order valence-corrected chi connectivity index (χ0v) is 41.8. The van der Waals surface area contributed by atoms with E-state index >= 15 is 0 Å². The molecule has 0 bridgehead atoms. The molecule has 0 saturated carbocycles. The predicted octanol–water partition coefficient (Wildman–Crippen LogP) is 9.30. The number of rotatable bonds is 14. The molecule has 0 aliphatic heterocycles. The molecule has 0 spiro atoms. The zero-order valence-electron chi connectivity index (χ0n) is 41.8. The molecule has 0 unspecified atom stereocenters. The highest BCUT2D eigenvalue weighted by Gasteiger charge is 2.19. The number of hydrogen-bond donors (Lipinski definition) is 0.